The normalized spacial score (nSPS) is 35.2. The molecule has 1 aliphatic carbocycles. The standard InChI is InChI=1S/C18H36/c1-8-14(6)18-11-16(13(4)5)10-15(7)17(18)9-12(2)3/h12-18H,8-11H2,1-7H3. The predicted molar refractivity (Wildman–Crippen MR) is 82.6 cm³/mol. The molecule has 5 unspecified atom stereocenters. The minimum absolute atomic E-state index is 0.861. The topological polar surface area (TPSA) is 0 Å². The van der Waals surface area contributed by atoms with Crippen LogP contribution in [-0.2, 0) is 0 Å². The maximum Gasteiger partial charge on any atom is -0.0355 e. The van der Waals surface area contributed by atoms with Gasteiger partial charge < -0.3 is 0 Å². The van der Waals surface area contributed by atoms with Gasteiger partial charge in [-0.05, 0) is 60.7 Å². The average molecular weight is 252 g/mol. The number of hydrogen-bond donors (Lipinski definition) is 0. The molecule has 0 heteroatoms. The van der Waals surface area contributed by atoms with E-state index in [1.807, 2.05) is 0 Å². The lowest BCUT2D eigenvalue weighted by Crippen LogP contribution is -2.37. The van der Waals surface area contributed by atoms with E-state index in [1.54, 1.807) is 0 Å². The molecule has 5 atom stereocenters. The molecule has 1 saturated carbocycles. The summed E-state index contributed by atoms with van der Waals surface area (Å²) in [6, 6.07) is 0. The smallest absolute Gasteiger partial charge is 0.0355 e. The van der Waals surface area contributed by atoms with Crippen LogP contribution in [0.25, 0.3) is 0 Å². The van der Waals surface area contributed by atoms with Gasteiger partial charge in [-0.15, -0.1) is 0 Å². The summed E-state index contributed by atoms with van der Waals surface area (Å²) < 4.78 is 0. The third kappa shape index (κ3) is 4.00. The molecule has 0 heterocycles. The Hall–Kier alpha value is 0. The van der Waals surface area contributed by atoms with Crippen LogP contribution in [0.15, 0.2) is 0 Å². The first-order valence-corrected chi connectivity index (χ1v) is 8.36. The van der Waals surface area contributed by atoms with Gasteiger partial charge in [-0.1, -0.05) is 54.9 Å². The third-order valence-electron chi connectivity index (χ3n) is 5.59. The summed E-state index contributed by atoms with van der Waals surface area (Å²) >= 11 is 0. The largest absolute Gasteiger partial charge is 0.0651 e. The van der Waals surface area contributed by atoms with Gasteiger partial charge in [-0.2, -0.15) is 0 Å². The van der Waals surface area contributed by atoms with Gasteiger partial charge in [0.1, 0.15) is 0 Å². The van der Waals surface area contributed by atoms with Crippen molar-refractivity contribution in [3.05, 3.63) is 0 Å². The monoisotopic (exact) mass is 252 g/mol. The minimum atomic E-state index is 0.861. The lowest BCUT2D eigenvalue weighted by Gasteiger charge is -2.45. The highest BCUT2D eigenvalue weighted by atomic mass is 14.4. The van der Waals surface area contributed by atoms with Gasteiger partial charge in [0.05, 0.1) is 0 Å². The van der Waals surface area contributed by atoms with Crippen LogP contribution in [0.1, 0.15) is 74.1 Å². The summed E-state index contributed by atoms with van der Waals surface area (Å²) in [6.45, 7) is 17.0. The van der Waals surface area contributed by atoms with E-state index >= 15 is 0 Å². The molecule has 1 rings (SSSR count). The highest BCUT2D eigenvalue weighted by Crippen LogP contribution is 2.47. The molecule has 0 bridgehead atoms. The van der Waals surface area contributed by atoms with Gasteiger partial charge >= 0.3 is 0 Å². The zero-order valence-corrected chi connectivity index (χ0v) is 13.9. The van der Waals surface area contributed by atoms with Gasteiger partial charge in [0.15, 0.2) is 0 Å². The lowest BCUT2D eigenvalue weighted by molar-refractivity contribution is 0.0439. The van der Waals surface area contributed by atoms with Crippen molar-refractivity contribution < 1.29 is 0 Å². The Morgan fingerprint density at radius 2 is 1.61 bits per heavy atom. The Morgan fingerprint density at radius 3 is 2.06 bits per heavy atom. The fourth-order valence-electron chi connectivity index (χ4n) is 4.15. The lowest BCUT2D eigenvalue weighted by atomic mass is 9.60. The first-order chi connectivity index (χ1) is 8.36. The SMILES string of the molecule is CCC(C)C1CC(C(C)C)CC(C)C1CC(C)C. The van der Waals surface area contributed by atoms with Gasteiger partial charge in [-0.3, -0.25) is 0 Å². The molecular weight excluding hydrogens is 216 g/mol. The van der Waals surface area contributed by atoms with E-state index < -0.39 is 0 Å². The average Bonchev–Trinajstić information content (AvgIpc) is 2.29. The van der Waals surface area contributed by atoms with Crippen molar-refractivity contribution in [2.24, 2.45) is 41.4 Å². The van der Waals surface area contributed by atoms with Crippen LogP contribution < -0.4 is 0 Å². The summed E-state index contributed by atoms with van der Waals surface area (Å²) in [5.74, 6) is 6.52. The number of hydrogen-bond acceptors (Lipinski definition) is 0. The van der Waals surface area contributed by atoms with E-state index in [9.17, 15) is 0 Å². The van der Waals surface area contributed by atoms with Crippen LogP contribution in [0.5, 0.6) is 0 Å². The van der Waals surface area contributed by atoms with Gasteiger partial charge in [0.25, 0.3) is 0 Å². The fourth-order valence-corrected chi connectivity index (χ4v) is 4.15. The molecule has 1 aliphatic rings. The molecule has 1 fully saturated rings. The molecule has 108 valence electrons. The highest BCUT2D eigenvalue weighted by molar-refractivity contribution is 4.88. The summed E-state index contributed by atoms with van der Waals surface area (Å²) in [5, 5.41) is 0. The van der Waals surface area contributed by atoms with Crippen molar-refractivity contribution in [1.29, 1.82) is 0 Å². The Balaban J connectivity index is 2.80. The first kappa shape index (κ1) is 16.1. The van der Waals surface area contributed by atoms with Gasteiger partial charge in [0, 0.05) is 0 Å². The third-order valence-corrected chi connectivity index (χ3v) is 5.59. The van der Waals surface area contributed by atoms with Crippen molar-refractivity contribution in [3.63, 3.8) is 0 Å². The van der Waals surface area contributed by atoms with Crippen LogP contribution in [0, 0.1) is 41.4 Å². The quantitative estimate of drug-likeness (QED) is 0.562. The van der Waals surface area contributed by atoms with Crippen molar-refractivity contribution in [1.82, 2.24) is 0 Å². The Kier molecular flexibility index (Phi) is 6.21. The van der Waals surface area contributed by atoms with E-state index in [0.29, 0.717) is 0 Å². The van der Waals surface area contributed by atoms with Crippen molar-refractivity contribution in [3.8, 4) is 0 Å². The summed E-state index contributed by atoms with van der Waals surface area (Å²) in [5.41, 5.74) is 0. The molecule has 0 nitrogen and oxygen atoms in total. The Labute approximate surface area is 116 Å². The second-order valence-electron chi connectivity index (χ2n) is 7.80. The van der Waals surface area contributed by atoms with E-state index in [4.69, 9.17) is 0 Å². The highest BCUT2D eigenvalue weighted by Gasteiger charge is 2.38. The molecule has 0 radical (unpaired) electrons. The second-order valence-corrected chi connectivity index (χ2v) is 7.80. The van der Waals surface area contributed by atoms with Crippen LogP contribution in [0.4, 0.5) is 0 Å². The molecular formula is C18H36. The molecule has 0 N–H and O–H groups in total. The predicted octanol–water partition coefficient (Wildman–Crippen LogP) is 6.01. The zero-order chi connectivity index (χ0) is 13.9. The summed E-state index contributed by atoms with van der Waals surface area (Å²) in [4.78, 5) is 0. The molecule has 0 spiro atoms. The molecule has 0 aromatic heterocycles. The van der Waals surface area contributed by atoms with E-state index in [-0.39, 0.29) is 0 Å². The van der Waals surface area contributed by atoms with E-state index in [2.05, 4.69) is 48.5 Å². The molecule has 0 amide bonds. The van der Waals surface area contributed by atoms with Crippen LogP contribution in [-0.4, -0.2) is 0 Å². The van der Waals surface area contributed by atoms with Gasteiger partial charge in [0.2, 0.25) is 0 Å². The maximum atomic E-state index is 2.52. The molecule has 0 saturated heterocycles. The molecule has 0 aromatic carbocycles. The fraction of sp³-hybridized carbons (Fsp3) is 1.00. The zero-order valence-electron chi connectivity index (χ0n) is 13.9. The maximum absolute atomic E-state index is 2.52. The molecule has 18 heavy (non-hydrogen) atoms. The first-order valence-electron chi connectivity index (χ1n) is 8.36. The van der Waals surface area contributed by atoms with Crippen LogP contribution in [0.2, 0.25) is 0 Å². The van der Waals surface area contributed by atoms with Crippen LogP contribution >= 0.6 is 0 Å². The van der Waals surface area contributed by atoms with Crippen LogP contribution in [0.3, 0.4) is 0 Å². The van der Waals surface area contributed by atoms with E-state index in [0.717, 1.165) is 41.4 Å². The van der Waals surface area contributed by atoms with E-state index in [1.165, 1.54) is 25.7 Å². The summed E-state index contributed by atoms with van der Waals surface area (Å²) in [7, 11) is 0. The summed E-state index contributed by atoms with van der Waals surface area (Å²) in [6.07, 6.45) is 5.77. The van der Waals surface area contributed by atoms with Crippen molar-refractivity contribution in [2.75, 3.05) is 0 Å². The van der Waals surface area contributed by atoms with Gasteiger partial charge in [-0.25, -0.2) is 0 Å². The number of rotatable bonds is 5. The Morgan fingerprint density at radius 1 is 1.00 bits per heavy atom. The minimum Gasteiger partial charge on any atom is -0.0651 e. The Bertz CT molecular complexity index is 228. The molecule has 0 aliphatic heterocycles. The van der Waals surface area contributed by atoms with Crippen molar-refractivity contribution >= 4 is 0 Å². The van der Waals surface area contributed by atoms with Crippen molar-refractivity contribution in [2.45, 2.75) is 74.1 Å². The second kappa shape index (κ2) is 6.96. The molecule has 0 aromatic rings.